The van der Waals surface area contributed by atoms with Crippen LogP contribution in [0.3, 0.4) is 0 Å². The van der Waals surface area contributed by atoms with Crippen molar-refractivity contribution in [2.75, 3.05) is 46.8 Å². The fourth-order valence-corrected chi connectivity index (χ4v) is 3.77. The average molecular weight is 324 g/mol. The van der Waals surface area contributed by atoms with Gasteiger partial charge in [0.25, 0.3) is 0 Å². The Hall–Kier alpha value is -1.60. The standard InChI is InChI=1S/C15H20N2O4S/c1-16(2)4-5-17-13(18)8-22-15(17)10-6-11(19-3)14-12(7-10)20-9-21-14/h6-7,15H,4-5,8-9H2,1-3H3. The van der Waals surface area contributed by atoms with Crippen molar-refractivity contribution >= 4 is 17.7 Å². The Bertz CT molecular complexity index is 579. The number of benzene rings is 1. The highest BCUT2D eigenvalue weighted by molar-refractivity contribution is 8.00. The molecule has 2 heterocycles. The second-order valence-electron chi connectivity index (χ2n) is 5.51. The van der Waals surface area contributed by atoms with Crippen LogP contribution in [-0.4, -0.2) is 62.5 Å². The Kier molecular flexibility index (Phi) is 4.35. The van der Waals surface area contributed by atoms with Crippen LogP contribution in [0.25, 0.3) is 0 Å². The molecule has 1 aromatic carbocycles. The minimum atomic E-state index is -0.00384. The number of hydrogen-bond donors (Lipinski definition) is 0. The monoisotopic (exact) mass is 324 g/mol. The van der Waals surface area contributed by atoms with E-state index in [0.29, 0.717) is 29.5 Å². The molecular formula is C15H20N2O4S. The number of carbonyl (C=O) groups is 1. The van der Waals surface area contributed by atoms with Gasteiger partial charge in [0.15, 0.2) is 11.5 Å². The van der Waals surface area contributed by atoms with Gasteiger partial charge < -0.3 is 24.0 Å². The SMILES string of the molecule is COc1cc(C2SCC(=O)N2CCN(C)C)cc2c1OCO2. The lowest BCUT2D eigenvalue weighted by molar-refractivity contribution is -0.128. The molecule has 1 aromatic rings. The number of likely N-dealkylation sites (N-methyl/N-ethyl adjacent to an activating group) is 1. The van der Waals surface area contributed by atoms with Gasteiger partial charge in [-0.05, 0) is 31.8 Å². The zero-order valence-corrected chi connectivity index (χ0v) is 13.8. The maximum atomic E-state index is 12.2. The summed E-state index contributed by atoms with van der Waals surface area (Å²) in [5.41, 5.74) is 1.01. The molecule has 2 aliphatic rings. The summed E-state index contributed by atoms with van der Waals surface area (Å²) >= 11 is 1.63. The Morgan fingerprint density at radius 3 is 2.95 bits per heavy atom. The van der Waals surface area contributed by atoms with Gasteiger partial charge in [-0.2, -0.15) is 0 Å². The zero-order chi connectivity index (χ0) is 15.7. The Morgan fingerprint density at radius 1 is 1.41 bits per heavy atom. The second kappa shape index (κ2) is 6.26. The molecule has 0 spiro atoms. The molecule has 1 unspecified atom stereocenters. The highest BCUT2D eigenvalue weighted by Crippen LogP contribution is 2.47. The first-order valence-corrected chi connectivity index (χ1v) is 8.18. The molecule has 0 radical (unpaired) electrons. The summed E-state index contributed by atoms with van der Waals surface area (Å²) in [7, 11) is 5.62. The molecule has 3 rings (SSSR count). The van der Waals surface area contributed by atoms with E-state index in [-0.39, 0.29) is 18.1 Å². The summed E-state index contributed by atoms with van der Waals surface area (Å²) < 4.78 is 16.3. The second-order valence-corrected chi connectivity index (χ2v) is 6.58. The van der Waals surface area contributed by atoms with Crippen LogP contribution in [0, 0.1) is 0 Å². The molecule has 7 heteroatoms. The molecule has 1 amide bonds. The molecule has 1 saturated heterocycles. The van der Waals surface area contributed by atoms with Crippen LogP contribution < -0.4 is 14.2 Å². The number of amides is 1. The number of fused-ring (bicyclic) bond motifs is 1. The van der Waals surface area contributed by atoms with Crippen molar-refractivity contribution in [3.05, 3.63) is 17.7 Å². The molecule has 2 aliphatic heterocycles. The number of carbonyl (C=O) groups excluding carboxylic acids is 1. The molecule has 0 aromatic heterocycles. The number of hydrogen-bond acceptors (Lipinski definition) is 6. The molecule has 0 aliphatic carbocycles. The molecule has 0 N–H and O–H groups in total. The Labute approximate surface area is 134 Å². The normalized spacial score (nSPS) is 20.1. The predicted molar refractivity (Wildman–Crippen MR) is 84.6 cm³/mol. The van der Waals surface area contributed by atoms with Gasteiger partial charge in [-0.1, -0.05) is 0 Å². The lowest BCUT2D eigenvalue weighted by Gasteiger charge is -2.26. The van der Waals surface area contributed by atoms with Crippen LogP contribution in [0.15, 0.2) is 12.1 Å². The fraction of sp³-hybridized carbons (Fsp3) is 0.533. The van der Waals surface area contributed by atoms with Crippen LogP contribution in [0.5, 0.6) is 17.2 Å². The first kappa shape index (κ1) is 15.3. The Morgan fingerprint density at radius 2 is 2.23 bits per heavy atom. The van der Waals surface area contributed by atoms with Crippen molar-refractivity contribution in [3.8, 4) is 17.2 Å². The number of thioether (sulfide) groups is 1. The third-order valence-electron chi connectivity index (χ3n) is 3.72. The van der Waals surface area contributed by atoms with E-state index in [1.54, 1.807) is 18.9 Å². The summed E-state index contributed by atoms with van der Waals surface area (Å²) in [5, 5.41) is -0.00384. The van der Waals surface area contributed by atoms with Gasteiger partial charge in [-0.25, -0.2) is 0 Å². The lowest BCUT2D eigenvalue weighted by Crippen LogP contribution is -2.34. The topological polar surface area (TPSA) is 51.2 Å². The highest BCUT2D eigenvalue weighted by atomic mass is 32.2. The van der Waals surface area contributed by atoms with Crippen molar-refractivity contribution in [2.24, 2.45) is 0 Å². The molecule has 0 bridgehead atoms. The first-order chi connectivity index (χ1) is 10.6. The van der Waals surface area contributed by atoms with E-state index in [0.717, 1.165) is 12.1 Å². The highest BCUT2D eigenvalue weighted by Gasteiger charge is 2.34. The average Bonchev–Trinajstić information content (AvgIpc) is 3.10. The van der Waals surface area contributed by atoms with E-state index in [1.165, 1.54) is 0 Å². The van der Waals surface area contributed by atoms with Crippen molar-refractivity contribution in [2.45, 2.75) is 5.37 Å². The van der Waals surface area contributed by atoms with Crippen LogP contribution in [0.1, 0.15) is 10.9 Å². The minimum Gasteiger partial charge on any atom is -0.493 e. The number of rotatable bonds is 5. The van der Waals surface area contributed by atoms with Crippen LogP contribution in [-0.2, 0) is 4.79 Å². The van der Waals surface area contributed by atoms with Gasteiger partial charge in [0.2, 0.25) is 18.4 Å². The van der Waals surface area contributed by atoms with Gasteiger partial charge in [0.1, 0.15) is 5.37 Å². The summed E-state index contributed by atoms with van der Waals surface area (Å²) in [6.07, 6.45) is 0. The van der Waals surface area contributed by atoms with E-state index in [4.69, 9.17) is 14.2 Å². The molecule has 1 fully saturated rings. The fourth-order valence-electron chi connectivity index (χ4n) is 2.57. The predicted octanol–water partition coefficient (Wildman–Crippen LogP) is 1.56. The first-order valence-electron chi connectivity index (χ1n) is 7.13. The quantitative estimate of drug-likeness (QED) is 0.819. The van der Waals surface area contributed by atoms with Gasteiger partial charge >= 0.3 is 0 Å². The number of nitrogens with zero attached hydrogens (tertiary/aromatic N) is 2. The Balaban J connectivity index is 1.87. The lowest BCUT2D eigenvalue weighted by atomic mass is 10.1. The molecule has 1 atom stereocenters. The maximum Gasteiger partial charge on any atom is 0.233 e. The van der Waals surface area contributed by atoms with Crippen molar-refractivity contribution in [1.82, 2.24) is 9.80 Å². The molecule has 6 nitrogen and oxygen atoms in total. The summed E-state index contributed by atoms with van der Waals surface area (Å²) in [5.74, 6) is 2.66. The smallest absolute Gasteiger partial charge is 0.233 e. The van der Waals surface area contributed by atoms with E-state index in [2.05, 4.69) is 4.90 Å². The largest absolute Gasteiger partial charge is 0.493 e. The van der Waals surface area contributed by atoms with Gasteiger partial charge in [-0.15, -0.1) is 11.8 Å². The van der Waals surface area contributed by atoms with Crippen LogP contribution in [0.2, 0.25) is 0 Å². The van der Waals surface area contributed by atoms with E-state index in [9.17, 15) is 4.79 Å². The molecule has 22 heavy (non-hydrogen) atoms. The molecule has 0 saturated carbocycles. The number of methoxy groups -OCH3 is 1. The summed E-state index contributed by atoms with van der Waals surface area (Å²) in [6.45, 7) is 1.75. The maximum absolute atomic E-state index is 12.2. The third kappa shape index (κ3) is 2.83. The summed E-state index contributed by atoms with van der Waals surface area (Å²) in [4.78, 5) is 16.2. The zero-order valence-electron chi connectivity index (χ0n) is 13.0. The van der Waals surface area contributed by atoms with Crippen molar-refractivity contribution in [3.63, 3.8) is 0 Å². The van der Waals surface area contributed by atoms with Gasteiger partial charge in [-0.3, -0.25) is 4.79 Å². The van der Waals surface area contributed by atoms with Crippen LogP contribution in [0.4, 0.5) is 0 Å². The van der Waals surface area contributed by atoms with Crippen LogP contribution >= 0.6 is 11.8 Å². The van der Waals surface area contributed by atoms with Gasteiger partial charge in [0.05, 0.1) is 12.9 Å². The van der Waals surface area contributed by atoms with E-state index >= 15 is 0 Å². The minimum absolute atomic E-state index is 0.00384. The van der Waals surface area contributed by atoms with Crippen molar-refractivity contribution in [1.29, 1.82) is 0 Å². The van der Waals surface area contributed by atoms with Gasteiger partial charge in [0, 0.05) is 13.1 Å². The number of ether oxygens (including phenoxy) is 3. The summed E-state index contributed by atoms with van der Waals surface area (Å²) in [6, 6.07) is 3.89. The van der Waals surface area contributed by atoms with E-state index in [1.807, 2.05) is 31.1 Å². The third-order valence-corrected chi connectivity index (χ3v) is 4.98. The molecular weight excluding hydrogens is 304 g/mol. The molecule has 120 valence electrons. The van der Waals surface area contributed by atoms with Crippen molar-refractivity contribution < 1.29 is 19.0 Å². The van der Waals surface area contributed by atoms with E-state index < -0.39 is 0 Å².